The molecule has 0 aliphatic heterocycles. The number of pyridine rings is 1. The maximum Gasteiger partial charge on any atom is 0.244 e. The number of halogens is 2. The Kier molecular flexibility index (Phi) is 5.67. The van der Waals surface area contributed by atoms with Gasteiger partial charge in [0.2, 0.25) is 5.91 Å². The Balaban J connectivity index is 1.58. The minimum Gasteiger partial charge on any atom is -0.346 e. The molecule has 0 fully saturated rings. The van der Waals surface area contributed by atoms with Crippen molar-refractivity contribution in [3.8, 4) is 11.3 Å². The van der Waals surface area contributed by atoms with E-state index in [2.05, 4.69) is 31.2 Å². The average molecular weight is 418 g/mol. The van der Waals surface area contributed by atoms with Gasteiger partial charge in [-0.3, -0.25) is 9.78 Å². The first-order chi connectivity index (χ1) is 12.1. The number of carbonyl (C=O) groups is 1. The number of hydrogen-bond acceptors (Lipinski definition) is 4. The molecule has 0 radical (unpaired) electrons. The molecule has 1 amide bonds. The van der Waals surface area contributed by atoms with Crippen molar-refractivity contribution in [2.24, 2.45) is 0 Å². The maximum atomic E-state index is 13.6. The number of rotatable bonds is 5. The van der Waals surface area contributed by atoms with Gasteiger partial charge in [-0.2, -0.15) is 0 Å². The third-order valence-corrected chi connectivity index (χ3v) is 4.66. The first-order valence-electron chi connectivity index (χ1n) is 7.37. The lowest BCUT2D eigenvalue weighted by atomic mass is 10.2. The molecule has 0 saturated carbocycles. The number of amides is 1. The lowest BCUT2D eigenvalue weighted by Crippen LogP contribution is -2.20. The molecule has 126 valence electrons. The van der Waals surface area contributed by atoms with E-state index in [1.165, 1.54) is 29.6 Å². The topological polar surface area (TPSA) is 54.9 Å². The van der Waals surface area contributed by atoms with Crippen LogP contribution in [0.2, 0.25) is 0 Å². The number of nitrogens with zero attached hydrogens (tertiary/aromatic N) is 2. The van der Waals surface area contributed by atoms with Gasteiger partial charge in [-0.05, 0) is 36.4 Å². The summed E-state index contributed by atoms with van der Waals surface area (Å²) in [6.07, 6.45) is 6.17. The van der Waals surface area contributed by atoms with Crippen molar-refractivity contribution in [2.45, 2.75) is 6.54 Å². The van der Waals surface area contributed by atoms with Crippen LogP contribution in [0, 0.1) is 5.82 Å². The molecule has 0 aliphatic rings. The highest BCUT2D eigenvalue weighted by Gasteiger charge is 2.06. The van der Waals surface area contributed by atoms with Gasteiger partial charge in [-0.1, -0.05) is 15.9 Å². The smallest absolute Gasteiger partial charge is 0.244 e. The summed E-state index contributed by atoms with van der Waals surface area (Å²) >= 11 is 4.74. The Morgan fingerprint density at radius 1 is 1.28 bits per heavy atom. The molecule has 0 bridgehead atoms. The quantitative estimate of drug-likeness (QED) is 0.624. The summed E-state index contributed by atoms with van der Waals surface area (Å²) in [7, 11) is 0. The van der Waals surface area contributed by atoms with Crippen LogP contribution in [-0.2, 0) is 11.3 Å². The Labute approximate surface area is 156 Å². The molecule has 0 unspecified atom stereocenters. The van der Waals surface area contributed by atoms with E-state index in [4.69, 9.17) is 0 Å². The molecule has 0 aliphatic carbocycles. The number of aromatic nitrogens is 2. The summed E-state index contributed by atoms with van der Waals surface area (Å²) in [4.78, 5) is 20.4. The first-order valence-corrected chi connectivity index (χ1v) is 9.05. The van der Waals surface area contributed by atoms with Gasteiger partial charge in [-0.25, -0.2) is 9.37 Å². The van der Waals surface area contributed by atoms with Crippen LogP contribution in [0.25, 0.3) is 17.3 Å². The highest BCUT2D eigenvalue weighted by molar-refractivity contribution is 9.10. The zero-order valence-corrected chi connectivity index (χ0v) is 15.3. The van der Waals surface area contributed by atoms with Crippen molar-refractivity contribution in [1.82, 2.24) is 15.3 Å². The fraction of sp³-hybridized carbons (Fsp3) is 0.0556. The fourth-order valence-corrected chi connectivity index (χ4v) is 3.20. The van der Waals surface area contributed by atoms with Gasteiger partial charge in [0.1, 0.15) is 10.8 Å². The monoisotopic (exact) mass is 417 g/mol. The molecule has 1 N–H and O–H groups in total. The third-order valence-electron chi connectivity index (χ3n) is 3.31. The van der Waals surface area contributed by atoms with Crippen molar-refractivity contribution < 1.29 is 9.18 Å². The Morgan fingerprint density at radius 2 is 2.08 bits per heavy atom. The first kappa shape index (κ1) is 17.4. The van der Waals surface area contributed by atoms with Crippen LogP contribution in [0.4, 0.5) is 4.39 Å². The van der Waals surface area contributed by atoms with Crippen molar-refractivity contribution in [1.29, 1.82) is 0 Å². The second-order valence-electron chi connectivity index (χ2n) is 5.08. The SMILES string of the molecule is O=C(/C=C/c1cc(Br)ccc1F)NCc1nc(-c2ccncc2)cs1. The molecular weight excluding hydrogens is 405 g/mol. The summed E-state index contributed by atoms with van der Waals surface area (Å²) in [6.45, 7) is 0.319. The Bertz CT molecular complexity index is 912. The molecule has 4 nitrogen and oxygen atoms in total. The van der Waals surface area contributed by atoms with E-state index in [1.807, 2.05) is 17.5 Å². The van der Waals surface area contributed by atoms with Crippen LogP contribution in [0.3, 0.4) is 0 Å². The molecule has 3 aromatic rings. The number of hydrogen-bond donors (Lipinski definition) is 1. The molecule has 7 heteroatoms. The molecule has 0 spiro atoms. The summed E-state index contributed by atoms with van der Waals surface area (Å²) in [6, 6.07) is 8.33. The van der Waals surface area contributed by atoms with Crippen LogP contribution < -0.4 is 5.32 Å². The fourth-order valence-electron chi connectivity index (χ4n) is 2.08. The summed E-state index contributed by atoms with van der Waals surface area (Å²) < 4.78 is 14.4. The molecule has 1 aromatic carbocycles. The third kappa shape index (κ3) is 4.80. The Morgan fingerprint density at radius 3 is 2.88 bits per heavy atom. The van der Waals surface area contributed by atoms with Gasteiger partial charge in [0.25, 0.3) is 0 Å². The number of thiazole rings is 1. The minimum absolute atomic E-state index is 0.306. The average Bonchev–Trinajstić information content (AvgIpc) is 3.10. The zero-order valence-electron chi connectivity index (χ0n) is 12.9. The number of nitrogens with one attached hydrogen (secondary N) is 1. The predicted octanol–water partition coefficient (Wildman–Crippen LogP) is 4.44. The number of carbonyl (C=O) groups excluding carboxylic acids is 1. The number of benzene rings is 1. The predicted molar refractivity (Wildman–Crippen MR) is 100 cm³/mol. The van der Waals surface area contributed by atoms with Crippen molar-refractivity contribution in [3.05, 3.63) is 75.0 Å². The molecule has 3 rings (SSSR count). The highest BCUT2D eigenvalue weighted by Crippen LogP contribution is 2.21. The largest absolute Gasteiger partial charge is 0.346 e. The molecule has 2 aromatic heterocycles. The standard InChI is InChI=1S/C18H13BrFN3OS/c19-14-2-3-15(20)13(9-14)1-4-17(24)22-10-18-23-16(11-25-18)12-5-7-21-8-6-12/h1-9,11H,10H2,(H,22,24)/b4-1+. The van der Waals surface area contributed by atoms with Crippen LogP contribution in [0.5, 0.6) is 0 Å². The lowest BCUT2D eigenvalue weighted by Gasteiger charge is -2.00. The Hall–Kier alpha value is -2.38. The van der Waals surface area contributed by atoms with Gasteiger partial charge in [0, 0.05) is 39.4 Å². The van der Waals surface area contributed by atoms with E-state index in [0.29, 0.717) is 12.1 Å². The van der Waals surface area contributed by atoms with Gasteiger partial charge in [0.05, 0.1) is 12.2 Å². The minimum atomic E-state index is -0.380. The van der Waals surface area contributed by atoms with Crippen molar-refractivity contribution >= 4 is 39.2 Å². The van der Waals surface area contributed by atoms with Crippen LogP contribution in [0.1, 0.15) is 10.6 Å². The molecule has 0 atom stereocenters. The van der Waals surface area contributed by atoms with Gasteiger partial charge in [-0.15, -0.1) is 11.3 Å². The van der Waals surface area contributed by atoms with Crippen LogP contribution in [0.15, 0.2) is 58.7 Å². The summed E-state index contributed by atoms with van der Waals surface area (Å²) in [5, 5.41) is 5.47. The maximum absolute atomic E-state index is 13.6. The lowest BCUT2D eigenvalue weighted by molar-refractivity contribution is -0.116. The second-order valence-corrected chi connectivity index (χ2v) is 6.94. The van der Waals surface area contributed by atoms with E-state index in [0.717, 1.165) is 20.7 Å². The van der Waals surface area contributed by atoms with Gasteiger partial charge in [0.15, 0.2) is 0 Å². The summed E-state index contributed by atoms with van der Waals surface area (Å²) in [5.41, 5.74) is 2.18. The van der Waals surface area contributed by atoms with Gasteiger partial charge < -0.3 is 5.32 Å². The van der Waals surface area contributed by atoms with Crippen LogP contribution >= 0.6 is 27.3 Å². The van der Waals surface area contributed by atoms with E-state index in [-0.39, 0.29) is 11.7 Å². The molecule has 2 heterocycles. The molecular formula is C18H13BrFN3OS. The van der Waals surface area contributed by atoms with Crippen molar-refractivity contribution in [3.63, 3.8) is 0 Å². The summed E-state index contributed by atoms with van der Waals surface area (Å²) in [5.74, 6) is -0.686. The highest BCUT2D eigenvalue weighted by atomic mass is 79.9. The molecule has 0 saturated heterocycles. The molecule has 25 heavy (non-hydrogen) atoms. The van der Waals surface area contributed by atoms with E-state index < -0.39 is 0 Å². The van der Waals surface area contributed by atoms with Crippen molar-refractivity contribution in [2.75, 3.05) is 0 Å². The normalized spacial score (nSPS) is 11.0. The zero-order chi connectivity index (χ0) is 17.6. The van der Waals surface area contributed by atoms with E-state index in [9.17, 15) is 9.18 Å². The van der Waals surface area contributed by atoms with E-state index in [1.54, 1.807) is 24.5 Å². The second kappa shape index (κ2) is 8.13. The van der Waals surface area contributed by atoms with Crippen LogP contribution in [-0.4, -0.2) is 15.9 Å². The van der Waals surface area contributed by atoms with E-state index >= 15 is 0 Å². The van der Waals surface area contributed by atoms with Gasteiger partial charge >= 0.3 is 0 Å².